The van der Waals surface area contributed by atoms with E-state index in [1.807, 2.05) is 19.1 Å². The number of pyridine rings is 1. The number of benzene rings is 3. The fourth-order valence-corrected chi connectivity index (χ4v) is 5.08. The molecule has 1 aliphatic heterocycles. The summed E-state index contributed by atoms with van der Waals surface area (Å²) in [6, 6.07) is 19.1. The summed E-state index contributed by atoms with van der Waals surface area (Å²) in [6.07, 6.45) is 2.18. The zero-order chi connectivity index (χ0) is 22.1. The Balaban J connectivity index is 1.82. The Kier molecular flexibility index (Phi) is 5.71. The van der Waals surface area contributed by atoms with Crippen molar-refractivity contribution in [2.24, 2.45) is 0 Å². The predicted octanol–water partition coefficient (Wildman–Crippen LogP) is 6.23. The van der Waals surface area contributed by atoms with E-state index in [9.17, 15) is 0 Å². The van der Waals surface area contributed by atoms with E-state index in [1.54, 1.807) is 7.11 Å². The molecule has 4 heteroatoms. The summed E-state index contributed by atoms with van der Waals surface area (Å²) >= 11 is 0. The molecule has 0 saturated carbocycles. The van der Waals surface area contributed by atoms with E-state index < -0.39 is 0 Å². The highest BCUT2D eigenvalue weighted by atomic mass is 16.5. The minimum Gasteiger partial charge on any atom is -0.492 e. The maximum atomic E-state index is 5.88. The van der Waals surface area contributed by atoms with Gasteiger partial charge in [-0.05, 0) is 66.4 Å². The molecular formula is C28H30N2O2. The molecule has 0 N–H and O–H groups in total. The second-order valence-corrected chi connectivity index (χ2v) is 8.39. The van der Waals surface area contributed by atoms with Crippen LogP contribution in [0.25, 0.3) is 32.9 Å². The van der Waals surface area contributed by atoms with Gasteiger partial charge in [-0.15, -0.1) is 0 Å². The average molecular weight is 427 g/mol. The molecular weight excluding hydrogens is 396 g/mol. The number of ether oxygens (including phenoxy) is 2. The monoisotopic (exact) mass is 426 g/mol. The first-order valence-corrected chi connectivity index (χ1v) is 11.6. The molecule has 0 atom stereocenters. The third-order valence-electron chi connectivity index (χ3n) is 6.43. The van der Waals surface area contributed by atoms with Crippen LogP contribution < -0.4 is 9.47 Å². The third kappa shape index (κ3) is 3.49. The van der Waals surface area contributed by atoms with Crippen molar-refractivity contribution < 1.29 is 9.47 Å². The van der Waals surface area contributed by atoms with Crippen molar-refractivity contribution >= 4 is 21.7 Å². The highest BCUT2D eigenvalue weighted by Crippen LogP contribution is 2.43. The molecule has 0 amide bonds. The zero-order valence-corrected chi connectivity index (χ0v) is 19.1. The first kappa shape index (κ1) is 20.8. The minimum atomic E-state index is 0.597. The molecule has 1 aliphatic rings. The summed E-state index contributed by atoms with van der Waals surface area (Å²) in [7, 11) is 1.71. The second-order valence-electron chi connectivity index (χ2n) is 8.39. The van der Waals surface area contributed by atoms with Crippen LogP contribution in [0.3, 0.4) is 0 Å². The Morgan fingerprint density at radius 3 is 2.66 bits per heavy atom. The molecule has 0 saturated heterocycles. The van der Waals surface area contributed by atoms with Crippen molar-refractivity contribution in [1.82, 2.24) is 9.88 Å². The van der Waals surface area contributed by atoms with Crippen LogP contribution in [0, 0.1) is 0 Å². The van der Waals surface area contributed by atoms with Crippen molar-refractivity contribution in [3.8, 4) is 22.8 Å². The molecule has 4 aromatic rings. The highest BCUT2D eigenvalue weighted by molar-refractivity contribution is 6.09. The smallest absolute Gasteiger partial charge is 0.170 e. The third-order valence-corrected chi connectivity index (χ3v) is 6.43. The standard InChI is InChI=1S/C28H30N2O2/c1-4-16-30-17-15-21-23(18-30)27(22-11-8-12-25(32-5-2)28(22)31-3)29-24-14-13-19-9-6-7-10-20(19)26(21)24/h6-14H,4-5,15-18H2,1-3H3. The summed E-state index contributed by atoms with van der Waals surface area (Å²) in [5, 5.41) is 3.86. The van der Waals surface area contributed by atoms with Crippen LogP contribution in [0.2, 0.25) is 0 Å². The minimum absolute atomic E-state index is 0.597. The van der Waals surface area contributed by atoms with E-state index in [0.717, 1.165) is 60.7 Å². The number of rotatable bonds is 6. The number of hydrogen-bond donors (Lipinski definition) is 0. The van der Waals surface area contributed by atoms with Crippen molar-refractivity contribution in [2.45, 2.75) is 33.2 Å². The Morgan fingerprint density at radius 1 is 0.969 bits per heavy atom. The quantitative estimate of drug-likeness (QED) is 0.342. The zero-order valence-electron chi connectivity index (χ0n) is 19.1. The lowest BCUT2D eigenvalue weighted by molar-refractivity contribution is 0.255. The number of hydrogen-bond acceptors (Lipinski definition) is 4. The number of aromatic nitrogens is 1. The molecule has 4 nitrogen and oxygen atoms in total. The fourth-order valence-electron chi connectivity index (χ4n) is 5.08. The summed E-state index contributed by atoms with van der Waals surface area (Å²) in [5.41, 5.74) is 5.81. The van der Waals surface area contributed by atoms with Crippen LogP contribution in [0.5, 0.6) is 11.5 Å². The number of methoxy groups -OCH3 is 1. The molecule has 3 aromatic carbocycles. The molecule has 32 heavy (non-hydrogen) atoms. The maximum absolute atomic E-state index is 5.88. The number of fused-ring (bicyclic) bond motifs is 5. The Labute approximate surface area is 189 Å². The second kappa shape index (κ2) is 8.79. The van der Waals surface area contributed by atoms with Crippen LogP contribution in [0.4, 0.5) is 0 Å². The lowest BCUT2D eigenvalue weighted by Gasteiger charge is -2.31. The van der Waals surface area contributed by atoms with Gasteiger partial charge in [-0.2, -0.15) is 0 Å². The van der Waals surface area contributed by atoms with Crippen LogP contribution in [0.15, 0.2) is 54.6 Å². The van der Waals surface area contributed by atoms with Crippen molar-refractivity contribution in [3.05, 3.63) is 65.7 Å². The van der Waals surface area contributed by atoms with E-state index in [4.69, 9.17) is 14.5 Å². The van der Waals surface area contributed by atoms with E-state index in [2.05, 4.69) is 54.3 Å². The number of nitrogens with zero attached hydrogens (tertiary/aromatic N) is 2. The van der Waals surface area contributed by atoms with Gasteiger partial charge in [0.15, 0.2) is 11.5 Å². The van der Waals surface area contributed by atoms with E-state index in [-0.39, 0.29) is 0 Å². The van der Waals surface area contributed by atoms with Crippen LogP contribution in [0.1, 0.15) is 31.4 Å². The molecule has 0 bridgehead atoms. The van der Waals surface area contributed by atoms with E-state index in [1.165, 1.54) is 27.3 Å². The predicted molar refractivity (Wildman–Crippen MR) is 132 cm³/mol. The summed E-state index contributed by atoms with van der Waals surface area (Å²) in [4.78, 5) is 7.80. The molecule has 1 aromatic heterocycles. The van der Waals surface area contributed by atoms with Crippen molar-refractivity contribution in [1.29, 1.82) is 0 Å². The van der Waals surface area contributed by atoms with Gasteiger partial charge in [-0.3, -0.25) is 4.90 Å². The van der Waals surface area contributed by atoms with Gasteiger partial charge in [0.25, 0.3) is 0 Å². The van der Waals surface area contributed by atoms with Gasteiger partial charge < -0.3 is 9.47 Å². The number of para-hydroxylation sites is 1. The van der Waals surface area contributed by atoms with Gasteiger partial charge >= 0.3 is 0 Å². The van der Waals surface area contributed by atoms with Crippen molar-refractivity contribution in [3.63, 3.8) is 0 Å². The molecule has 2 heterocycles. The molecule has 0 unspecified atom stereocenters. The molecule has 0 fully saturated rings. The molecule has 164 valence electrons. The maximum Gasteiger partial charge on any atom is 0.170 e. The lowest BCUT2D eigenvalue weighted by Crippen LogP contribution is -2.32. The molecule has 0 aliphatic carbocycles. The largest absolute Gasteiger partial charge is 0.492 e. The summed E-state index contributed by atoms with van der Waals surface area (Å²) in [6.45, 7) is 7.93. The van der Waals surface area contributed by atoms with Gasteiger partial charge in [-0.1, -0.05) is 43.3 Å². The lowest BCUT2D eigenvalue weighted by atomic mass is 9.89. The van der Waals surface area contributed by atoms with Crippen molar-refractivity contribution in [2.75, 3.05) is 26.8 Å². The first-order valence-electron chi connectivity index (χ1n) is 11.6. The topological polar surface area (TPSA) is 34.6 Å². The van der Waals surface area contributed by atoms with Crippen LogP contribution in [-0.2, 0) is 13.0 Å². The van der Waals surface area contributed by atoms with Gasteiger partial charge in [0.2, 0.25) is 0 Å². The van der Waals surface area contributed by atoms with E-state index in [0.29, 0.717) is 6.61 Å². The first-order chi connectivity index (χ1) is 15.7. The van der Waals surface area contributed by atoms with Crippen LogP contribution >= 0.6 is 0 Å². The summed E-state index contributed by atoms with van der Waals surface area (Å²) < 4.78 is 11.7. The molecule has 0 spiro atoms. The Morgan fingerprint density at radius 2 is 1.84 bits per heavy atom. The molecule has 5 rings (SSSR count). The fraction of sp³-hybridized carbons (Fsp3) is 0.321. The summed E-state index contributed by atoms with van der Waals surface area (Å²) in [5.74, 6) is 1.53. The van der Waals surface area contributed by atoms with Gasteiger partial charge in [0.1, 0.15) is 0 Å². The average Bonchev–Trinajstić information content (AvgIpc) is 2.83. The van der Waals surface area contributed by atoms with E-state index >= 15 is 0 Å². The van der Waals surface area contributed by atoms with Gasteiger partial charge in [-0.25, -0.2) is 4.98 Å². The SMILES string of the molecule is CCCN1CCc2c(c(-c3cccc(OCC)c3OC)nc3ccc4ccccc4c23)C1. The Bertz CT molecular complexity index is 1280. The highest BCUT2D eigenvalue weighted by Gasteiger charge is 2.26. The van der Waals surface area contributed by atoms with Gasteiger partial charge in [0.05, 0.1) is 24.9 Å². The van der Waals surface area contributed by atoms with Gasteiger partial charge in [0, 0.05) is 24.0 Å². The molecule has 0 radical (unpaired) electrons. The van der Waals surface area contributed by atoms with Crippen LogP contribution in [-0.4, -0.2) is 36.7 Å². The Hall–Kier alpha value is -3.11. The normalized spacial score (nSPS) is 14.0.